The van der Waals surface area contributed by atoms with Crippen molar-refractivity contribution in [3.63, 3.8) is 0 Å². The molecule has 0 spiro atoms. The summed E-state index contributed by atoms with van der Waals surface area (Å²) in [6.45, 7) is 0.333. The second-order valence-corrected chi connectivity index (χ2v) is 7.11. The van der Waals surface area contributed by atoms with E-state index >= 15 is 0 Å². The van der Waals surface area contributed by atoms with Crippen molar-refractivity contribution in [2.75, 3.05) is 12.4 Å². The van der Waals surface area contributed by atoms with Crippen LogP contribution in [0.25, 0.3) is 10.8 Å². The van der Waals surface area contributed by atoms with E-state index in [1.165, 1.54) is 12.1 Å². The van der Waals surface area contributed by atoms with Gasteiger partial charge in [0.1, 0.15) is 11.7 Å². The van der Waals surface area contributed by atoms with Crippen molar-refractivity contribution in [2.45, 2.75) is 37.6 Å². The van der Waals surface area contributed by atoms with Crippen LogP contribution in [0.15, 0.2) is 36.4 Å². The van der Waals surface area contributed by atoms with Crippen molar-refractivity contribution in [3.05, 3.63) is 47.8 Å². The summed E-state index contributed by atoms with van der Waals surface area (Å²) in [6, 6.07) is 9.72. The maximum absolute atomic E-state index is 14.0. The van der Waals surface area contributed by atoms with E-state index in [0.29, 0.717) is 22.9 Å². The van der Waals surface area contributed by atoms with E-state index in [1.807, 2.05) is 0 Å². The molecule has 1 fully saturated rings. The molecule has 0 radical (unpaired) electrons. The highest BCUT2D eigenvalue weighted by molar-refractivity contribution is 6.27. The molecule has 0 atom stereocenters. The topological polar surface area (TPSA) is 58.2 Å². The highest BCUT2D eigenvalue weighted by atomic mass is 35.5. The SMILES string of the molecule is O=C(CCl)NC1(CNC(=O)c2ccc(F)c3ccccc23)CCCCC1. The first kappa shape index (κ1) is 18.6. The average molecular weight is 377 g/mol. The molecule has 4 nitrogen and oxygen atoms in total. The highest BCUT2D eigenvalue weighted by Gasteiger charge is 2.34. The van der Waals surface area contributed by atoms with Gasteiger partial charge >= 0.3 is 0 Å². The molecule has 0 heterocycles. The summed E-state index contributed by atoms with van der Waals surface area (Å²) in [5, 5.41) is 6.92. The van der Waals surface area contributed by atoms with Crippen LogP contribution in [0, 0.1) is 5.82 Å². The highest BCUT2D eigenvalue weighted by Crippen LogP contribution is 2.28. The first-order chi connectivity index (χ1) is 12.5. The molecule has 3 rings (SSSR count). The van der Waals surface area contributed by atoms with Gasteiger partial charge in [-0.25, -0.2) is 4.39 Å². The third-order valence-electron chi connectivity index (χ3n) is 5.04. The Bertz CT molecular complexity index is 819. The fraction of sp³-hybridized carbons (Fsp3) is 0.400. The minimum Gasteiger partial charge on any atom is -0.350 e. The number of hydrogen-bond acceptors (Lipinski definition) is 2. The summed E-state index contributed by atoms with van der Waals surface area (Å²) in [4.78, 5) is 24.6. The Morgan fingerprint density at radius 3 is 2.42 bits per heavy atom. The van der Waals surface area contributed by atoms with Crippen LogP contribution < -0.4 is 10.6 Å². The summed E-state index contributed by atoms with van der Waals surface area (Å²) in [5.41, 5.74) is -0.0351. The molecule has 0 bridgehead atoms. The van der Waals surface area contributed by atoms with Crippen molar-refractivity contribution in [1.29, 1.82) is 0 Å². The number of fused-ring (bicyclic) bond motifs is 1. The van der Waals surface area contributed by atoms with E-state index in [0.717, 1.165) is 32.1 Å². The van der Waals surface area contributed by atoms with Gasteiger partial charge in [0.2, 0.25) is 5.91 Å². The first-order valence-corrected chi connectivity index (χ1v) is 9.40. The van der Waals surface area contributed by atoms with Crippen LogP contribution in [0.1, 0.15) is 42.5 Å². The van der Waals surface area contributed by atoms with Crippen molar-refractivity contribution in [1.82, 2.24) is 10.6 Å². The Morgan fingerprint density at radius 1 is 1.04 bits per heavy atom. The molecule has 0 aliphatic heterocycles. The van der Waals surface area contributed by atoms with E-state index in [4.69, 9.17) is 11.6 Å². The summed E-state index contributed by atoms with van der Waals surface area (Å²) in [5.74, 6) is -0.949. The normalized spacial score (nSPS) is 16.2. The zero-order valence-electron chi connectivity index (χ0n) is 14.5. The smallest absolute Gasteiger partial charge is 0.251 e. The first-order valence-electron chi connectivity index (χ1n) is 8.87. The number of carbonyl (C=O) groups excluding carboxylic acids is 2. The Morgan fingerprint density at radius 2 is 1.73 bits per heavy atom. The Kier molecular flexibility index (Phi) is 5.77. The molecule has 6 heteroatoms. The Balaban J connectivity index is 1.79. The summed E-state index contributed by atoms with van der Waals surface area (Å²) in [6.07, 6.45) is 4.73. The zero-order valence-corrected chi connectivity index (χ0v) is 15.2. The van der Waals surface area contributed by atoms with Gasteiger partial charge < -0.3 is 10.6 Å². The number of carbonyl (C=O) groups is 2. The second kappa shape index (κ2) is 8.04. The summed E-state index contributed by atoms with van der Waals surface area (Å²) in [7, 11) is 0. The second-order valence-electron chi connectivity index (χ2n) is 6.85. The molecule has 1 aliphatic carbocycles. The lowest BCUT2D eigenvalue weighted by molar-refractivity contribution is -0.121. The molecule has 0 unspecified atom stereocenters. The Labute approximate surface area is 157 Å². The van der Waals surface area contributed by atoms with Gasteiger partial charge in [-0.1, -0.05) is 43.5 Å². The number of halogens is 2. The van der Waals surface area contributed by atoms with Crippen LogP contribution in [0.3, 0.4) is 0 Å². The largest absolute Gasteiger partial charge is 0.350 e. The molecule has 2 amide bonds. The standard InChI is InChI=1S/C20H22ClFN2O2/c21-12-18(25)24-20(10-4-1-5-11-20)13-23-19(26)16-8-9-17(22)15-7-3-2-6-14(15)16/h2-3,6-9H,1,4-5,10-13H2,(H,23,26)(H,24,25). The summed E-state index contributed by atoms with van der Waals surface area (Å²) >= 11 is 5.64. The third-order valence-corrected chi connectivity index (χ3v) is 5.28. The van der Waals surface area contributed by atoms with Gasteiger partial charge in [0.25, 0.3) is 5.91 Å². The van der Waals surface area contributed by atoms with Gasteiger partial charge in [0.15, 0.2) is 0 Å². The lowest BCUT2D eigenvalue weighted by Gasteiger charge is -2.38. The van der Waals surface area contributed by atoms with Gasteiger partial charge in [-0.15, -0.1) is 11.6 Å². The van der Waals surface area contributed by atoms with Gasteiger partial charge in [-0.2, -0.15) is 0 Å². The number of hydrogen-bond donors (Lipinski definition) is 2. The van der Waals surface area contributed by atoms with Crippen molar-refractivity contribution in [3.8, 4) is 0 Å². The number of amides is 2. The maximum atomic E-state index is 14.0. The number of rotatable bonds is 5. The van der Waals surface area contributed by atoms with Gasteiger partial charge in [0, 0.05) is 17.5 Å². The molecule has 0 saturated heterocycles. The number of benzene rings is 2. The molecule has 1 aliphatic rings. The minimum atomic E-state index is -0.463. The Hall–Kier alpha value is -2.14. The van der Waals surface area contributed by atoms with E-state index in [-0.39, 0.29) is 23.5 Å². The maximum Gasteiger partial charge on any atom is 0.251 e. The van der Waals surface area contributed by atoms with E-state index in [9.17, 15) is 14.0 Å². The van der Waals surface area contributed by atoms with Crippen LogP contribution in [-0.2, 0) is 4.79 Å². The quantitative estimate of drug-likeness (QED) is 0.780. The molecule has 1 saturated carbocycles. The fourth-order valence-electron chi connectivity index (χ4n) is 3.71. The van der Waals surface area contributed by atoms with E-state index in [1.54, 1.807) is 24.3 Å². The fourth-order valence-corrected chi connectivity index (χ4v) is 3.78. The molecule has 26 heavy (non-hydrogen) atoms. The van der Waals surface area contributed by atoms with Crippen molar-refractivity contribution >= 4 is 34.2 Å². The molecular formula is C20H22ClFN2O2. The van der Waals surface area contributed by atoms with Crippen LogP contribution in [-0.4, -0.2) is 29.8 Å². The monoisotopic (exact) mass is 376 g/mol. The lowest BCUT2D eigenvalue weighted by atomic mass is 9.81. The molecule has 138 valence electrons. The molecule has 2 aromatic rings. The van der Waals surface area contributed by atoms with Gasteiger partial charge in [-0.05, 0) is 30.4 Å². The van der Waals surface area contributed by atoms with Crippen molar-refractivity contribution < 1.29 is 14.0 Å². The lowest BCUT2D eigenvalue weighted by Crippen LogP contribution is -2.57. The molecule has 2 aromatic carbocycles. The van der Waals surface area contributed by atoms with Crippen LogP contribution in [0.5, 0.6) is 0 Å². The minimum absolute atomic E-state index is 0.0989. The predicted molar refractivity (Wildman–Crippen MR) is 101 cm³/mol. The summed E-state index contributed by atoms with van der Waals surface area (Å²) < 4.78 is 14.0. The molecule has 0 aromatic heterocycles. The van der Waals surface area contributed by atoms with Gasteiger partial charge in [-0.3, -0.25) is 9.59 Å². The van der Waals surface area contributed by atoms with Crippen LogP contribution in [0.2, 0.25) is 0 Å². The number of alkyl halides is 1. The van der Waals surface area contributed by atoms with E-state index < -0.39 is 5.54 Å². The third kappa shape index (κ3) is 3.98. The molecular weight excluding hydrogens is 355 g/mol. The van der Waals surface area contributed by atoms with Crippen LogP contribution >= 0.6 is 11.6 Å². The van der Waals surface area contributed by atoms with E-state index in [2.05, 4.69) is 10.6 Å². The predicted octanol–water partition coefficient (Wildman–Crippen LogP) is 3.77. The molecule has 2 N–H and O–H groups in total. The van der Waals surface area contributed by atoms with Crippen molar-refractivity contribution in [2.24, 2.45) is 0 Å². The zero-order chi connectivity index (χ0) is 18.6. The van der Waals surface area contributed by atoms with Crippen LogP contribution in [0.4, 0.5) is 4.39 Å². The van der Waals surface area contributed by atoms with Gasteiger partial charge in [0.05, 0.1) is 5.54 Å². The number of nitrogens with one attached hydrogen (secondary N) is 2. The average Bonchev–Trinajstić information content (AvgIpc) is 2.67.